The summed E-state index contributed by atoms with van der Waals surface area (Å²) in [6, 6.07) is 0.184. The number of aliphatic imine (C=N–C) groups is 1. The minimum Gasteiger partial charge on any atom is -0.349 e. The Morgan fingerprint density at radius 2 is 1.75 bits per heavy atom. The van der Waals surface area contributed by atoms with Crippen LogP contribution in [0.3, 0.4) is 0 Å². The lowest BCUT2D eigenvalue weighted by molar-refractivity contribution is 0.167. The Labute approximate surface area is 196 Å². The van der Waals surface area contributed by atoms with Gasteiger partial charge < -0.3 is 10.2 Å². The van der Waals surface area contributed by atoms with Crippen molar-refractivity contribution in [2.75, 3.05) is 10.2 Å². The number of nitrogens with one attached hydrogen (secondary N) is 1. The Balaban J connectivity index is 1.95. The van der Waals surface area contributed by atoms with Crippen LogP contribution in [0.4, 0.5) is 11.9 Å². The lowest BCUT2D eigenvalue weighted by Crippen LogP contribution is -2.68. The van der Waals surface area contributed by atoms with E-state index in [9.17, 15) is 0 Å². The van der Waals surface area contributed by atoms with Crippen LogP contribution in [0.1, 0.15) is 120 Å². The smallest absolute Gasteiger partial charge is 0.231 e. The van der Waals surface area contributed by atoms with Gasteiger partial charge in [-0.1, -0.05) is 40.5 Å². The summed E-state index contributed by atoms with van der Waals surface area (Å²) in [4.78, 5) is 22.3. The van der Waals surface area contributed by atoms with Crippen molar-refractivity contribution in [2.24, 2.45) is 10.4 Å². The summed E-state index contributed by atoms with van der Waals surface area (Å²) in [6.07, 6.45) is 8.93. The summed E-state index contributed by atoms with van der Waals surface area (Å²) >= 11 is 0. The fraction of sp³-hybridized carbons (Fsp3) is 0.846. The van der Waals surface area contributed by atoms with Crippen molar-refractivity contribution in [1.82, 2.24) is 15.0 Å². The Bertz CT molecular complexity index is 833. The standard InChI is InChI=1S/C26H46N6/c1-11-12-13-14-15-27-18-16-25(7,8)32-22-29-20(19(18)26(32,9)10)28-21(30-22)31-24(5,6)17-23(2,3)4/h15,18-19H,11-14,16-17H2,1-10H3,(H,28,29,30,31). The number of rotatable bonds is 8. The molecule has 3 heterocycles. The van der Waals surface area contributed by atoms with Gasteiger partial charge in [-0.15, -0.1) is 0 Å². The van der Waals surface area contributed by atoms with Crippen molar-refractivity contribution < 1.29 is 0 Å². The van der Waals surface area contributed by atoms with Crippen LogP contribution in [0.5, 0.6) is 0 Å². The zero-order valence-corrected chi connectivity index (χ0v) is 22.2. The van der Waals surface area contributed by atoms with Crippen LogP contribution < -0.4 is 10.2 Å². The molecule has 3 rings (SSSR count). The average molecular weight is 443 g/mol. The Morgan fingerprint density at radius 3 is 2.38 bits per heavy atom. The van der Waals surface area contributed by atoms with E-state index in [-0.39, 0.29) is 34.0 Å². The Morgan fingerprint density at radius 1 is 1.06 bits per heavy atom. The lowest BCUT2D eigenvalue weighted by atomic mass is 9.68. The van der Waals surface area contributed by atoms with E-state index in [2.05, 4.69) is 85.7 Å². The van der Waals surface area contributed by atoms with Crippen molar-refractivity contribution in [3.63, 3.8) is 0 Å². The number of hydrogen-bond acceptors (Lipinski definition) is 6. The fourth-order valence-electron chi connectivity index (χ4n) is 6.31. The highest BCUT2D eigenvalue weighted by Crippen LogP contribution is 2.51. The fourth-order valence-corrected chi connectivity index (χ4v) is 6.31. The highest BCUT2D eigenvalue weighted by molar-refractivity contribution is 5.59. The van der Waals surface area contributed by atoms with Gasteiger partial charge in [0, 0.05) is 11.1 Å². The molecule has 2 aliphatic heterocycles. The molecule has 0 saturated carbocycles. The van der Waals surface area contributed by atoms with Crippen LogP contribution in [-0.4, -0.2) is 43.8 Å². The number of anilines is 2. The molecule has 0 aliphatic carbocycles. The molecule has 0 amide bonds. The van der Waals surface area contributed by atoms with E-state index in [1.54, 1.807) is 0 Å². The van der Waals surface area contributed by atoms with Crippen LogP contribution in [0.25, 0.3) is 0 Å². The second kappa shape index (κ2) is 8.57. The number of hydrogen-bond donors (Lipinski definition) is 1. The highest BCUT2D eigenvalue weighted by atomic mass is 15.4. The first-order valence-corrected chi connectivity index (χ1v) is 12.5. The molecule has 1 fully saturated rings. The predicted octanol–water partition coefficient (Wildman–Crippen LogP) is 6.38. The average Bonchev–Trinajstić information content (AvgIpc) is 2.55. The van der Waals surface area contributed by atoms with Gasteiger partial charge in [0.15, 0.2) is 0 Å². The van der Waals surface area contributed by atoms with E-state index in [1.807, 2.05) is 0 Å². The first-order chi connectivity index (χ1) is 14.7. The second-order valence-corrected chi connectivity index (χ2v) is 12.9. The van der Waals surface area contributed by atoms with Gasteiger partial charge in [0.05, 0.1) is 17.5 Å². The monoisotopic (exact) mass is 442 g/mol. The largest absolute Gasteiger partial charge is 0.349 e. The zero-order valence-electron chi connectivity index (χ0n) is 22.2. The van der Waals surface area contributed by atoms with E-state index in [4.69, 9.17) is 19.9 Å². The molecule has 1 aromatic heterocycles. The molecule has 6 nitrogen and oxygen atoms in total. The molecular weight excluding hydrogens is 396 g/mol. The minimum atomic E-state index is -0.140. The van der Waals surface area contributed by atoms with Crippen molar-refractivity contribution in [3.05, 3.63) is 5.82 Å². The van der Waals surface area contributed by atoms with E-state index in [0.29, 0.717) is 5.95 Å². The molecule has 1 aromatic rings. The molecule has 32 heavy (non-hydrogen) atoms. The van der Waals surface area contributed by atoms with E-state index in [0.717, 1.165) is 31.0 Å². The van der Waals surface area contributed by atoms with Crippen LogP contribution in [0, 0.1) is 5.41 Å². The van der Waals surface area contributed by atoms with Gasteiger partial charge in [-0.3, -0.25) is 4.99 Å². The molecule has 6 heteroatoms. The molecule has 4 bridgehead atoms. The normalized spacial score (nSPS) is 24.1. The van der Waals surface area contributed by atoms with Crippen molar-refractivity contribution in [3.8, 4) is 0 Å². The van der Waals surface area contributed by atoms with Crippen LogP contribution in [-0.2, 0) is 0 Å². The van der Waals surface area contributed by atoms with Gasteiger partial charge in [-0.2, -0.15) is 15.0 Å². The SMILES string of the molecule is CCCCCC=NC1CC(C)(C)N2c3nc(NC(C)(C)CC(C)(C)C)nc(n3)C1C2(C)C. The number of unbranched alkanes of at least 4 members (excludes halogenated alkanes) is 3. The van der Waals surface area contributed by atoms with Crippen molar-refractivity contribution in [1.29, 1.82) is 0 Å². The third-order valence-electron chi connectivity index (χ3n) is 6.81. The van der Waals surface area contributed by atoms with Crippen molar-refractivity contribution >= 4 is 18.1 Å². The molecule has 2 atom stereocenters. The van der Waals surface area contributed by atoms with Gasteiger partial charge in [-0.25, -0.2) is 0 Å². The molecule has 1 N–H and O–H groups in total. The third-order valence-corrected chi connectivity index (χ3v) is 6.81. The summed E-state index contributed by atoms with van der Waals surface area (Å²) in [7, 11) is 0. The first kappa shape index (κ1) is 24.9. The Kier molecular flexibility index (Phi) is 6.67. The number of aromatic nitrogens is 3. The number of nitrogens with zero attached hydrogens (tertiary/aromatic N) is 5. The molecule has 180 valence electrons. The second-order valence-electron chi connectivity index (χ2n) is 12.9. The van der Waals surface area contributed by atoms with Crippen LogP contribution in [0.15, 0.2) is 4.99 Å². The lowest BCUT2D eigenvalue weighted by Gasteiger charge is -2.60. The third kappa shape index (κ3) is 5.26. The molecule has 1 saturated heterocycles. The zero-order chi connectivity index (χ0) is 23.9. The van der Waals surface area contributed by atoms with Gasteiger partial charge in [0.25, 0.3) is 0 Å². The number of fused-ring (bicyclic) bond motifs is 6. The van der Waals surface area contributed by atoms with E-state index < -0.39 is 0 Å². The van der Waals surface area contributed by atoms with E-state index in [1.165, 1.54) is 19.3 Å². The predicted molar refractivity (Wildman–Crippen MR) is 136 cm³/mol. The number of piperidine rings is 1. The maximum atomic E-state index is 5.10. The quantitative estimate of drug-likeness (QED) is 0.373. The van der Waals surface area contributed by atoms with Gasteiger partial charge in [0.2, 0.25) is 11.9 Å². The summed E-state index contributed by atoms with van der Waals surface area (Å²) in [5.74, 6) is 2.52. The van der Waals surface area contributed by atoms with Crippen LogP contribution in [0.2, 0.25) is 0 Å². The van der Waals surface area contributed by atoms with Gasteiger partial charge in [0.1, 0.15) is 5.82 Å². The minimum absolute atomic E-state index is 0.0807. The van der Waals surface area contributed by atoms with E-state index >= 15 is 0 Å². The summed E-state index contributed by atoms with van der Waals surface area (Å²) < 4.78 is 0. The maximum Gasteiger partial charge on any atom is 0.231 e. The molecule has 2 unspecified atom stereocenters. The molecular formula is C26H46N6. The summed E-state index contributed by atoms with van der Waals surface area (Å²) in [6.45, 7) is 22.7. The van der Waals surface area contributed by atoms with Gasteiger partial charge in [-0.05, 0) is 78.9 Å². The molecule has 0 spiro atoms. The van der Waals surface area contributed by atoms with Gasteiger partial charge >= 0.3 is 0 Å². The maximum absolute atomic E-state index is 5.10. The summed E-state index contributed by atoms with van der Waals surface area (Å²) in [5.41, 5.74) is -0.116. The first-order valence-electron chi connectivity index (χ1n) is 12.5. The molecule has 2 aliphatic rings. The van der Waals surface area contributed by atoms with Crippen molar-refractivity contribution in [2.45, 2.75) is 136 Å². The summed E-state index contributed by atoms with van der Waals surface area (Å²) in [5, 5.41) is 3.62. The Hall–Kier alpha value is -1.72. The molecule has 0 aromatic carbocycles. The highest BCUT2D eigenvalue weighted by Gasteiger charge is 2.57. The molecule has 0 radical (unpaired) electrons. The topological polar surface area (TPSA) is 66.3 Å². The van der Waals surface area contributed by atoms with Crippen LogP contribution >= 0.6 is 0 Å².